The first-order valence-electron chi connectivity index (χ1n) is 5.76. The van der Waals surface area contributed by atoms with Crippen LogP contribution < -0.4 is 5.73 Å². The van der Waals surface area contributed by atoms with Gasteiger partial charge in [-0.1, -0.05) is 23.7 Å². The van der Waals surface area contributed by atoms with Crippen LogP contribution in [0.1, 0.15) is 18.5 Å². The van der Waals surface area contributed by atoms with Crippen LogP contribution in [-0.4, -0.2) is 38.3 Å². The Kier molecular flexibility index (Phi) is 5.92. The fraction of sp³-hybridized carbons (Fsp3) is 0.538. The minimum atomic E-state index is 0.166. The van der Waals surface area contributed by atoms with E-state index < -0.39 is 0 Å². The summed E-state index contributed by atoms with van der Waals surface area (Å²) in [5, 5.41) is 0.744. The summed E-state index contributed by atoms with van der Waals surface area (Å²) < 4.78 is 5.17. The van der Waals surface area contributed by atoms with Crippen molar-refractivity contribution in [2.45, 2.75) is 19.0 Å². The average molecular weight is 257 g/mol. The van der Waals surface area contributed by atoms with Crippen LogP contribution in [0, 0.1) is 0 Å². The highest BCUT2D eigenvalue weighted by atomic mass is 35.5. The Labute approximate surface area is 109 Å². The van der Waals surface area contributed by atoms with Gasteiger partial charge in [-0.15, -0.1) is 0 Å². The van der Waals surface area contributed by atoms with Crippen molar-refractivity contribution in [2.75, 3.05) is 27.3 Å². The van der Waals surface area contributed by atoms with Gasteiger partial charge in [-0.2, -0.15) is 0 Å². The summed E-state index contributed by atoms with van der Waals surface area (Å²) in [5.41, 5.74) is 7.01. The van der Waals surface area contributed by atoms with E-state index in [2.05, 4.69) is 24.9 Å². The third-order valence-electron chi connectivity index (χ3n) is 3.05. The number of hydrogen-bond acceptors (Lipinski definition) is 3. The molecule has 0 heterocycles. The van der Waals surface area contributed by atoms with Gasteiger partial charge in [0.2, 0.25) is 0 Å². The van der Waals surface area contributed by atoms with Gasteiger partial charge < -0.3 is 10.5 Å². The number of nitrogens with zero attached hydrogens (tertiary/aromatic N) is 1. The SMILES string of the molecule is COCC(C)N(C)C(CN)c1cccc(Cl)c1. The molecule has 0 spiro atoms. The molecule has 17 heavy (non-hydrogen) atoms. The normalized spacial score (nSPS) is 14.9. The summed E-state index contributed by atoms with van der Waals surface area (Å²) in [6.45, 7) is 3.37. The average Bonchev–Trinajstić information content (AvgIpc) is 2.30. The molecule has 4 heteroatoms. The fourth-order valence-electron chi connectivity index (χ4n) is 1.92. The predicted molar refractivity (Wildman–Crippen MR) is 72.3 cm³/mol. The maximum Gasteiger partial charge on any atom is 0.0615 e. The molecule has 0 amide bonds. The number of benzene rings is 1. The monoisotopic (exact) mass is 256 g/mol. The summed E-state index contributed by atoms with van der Waals surface area (Å²) in [6.07, 6.45) is 0. The van der Waals surface area contributed by atoms with Gasteiger partial charge in [0, 0.05) is 30.8 Å². The molecule has 1 aromatic carbocycles. The Balaban J connectivity index is 2.83. The first kappa shape index (κ1) is 14.5. The minimum absolute atomic E-state index is 0.166. The number of methoxy groups -OCH3 is 1. The van der Waals surface area contributed by atoms with E-state index in [-0.39, 0.29) is 6.04 Å². The van der Waals surface area contributed by atoms with Gasteiger partial charge in [0.1, 0.15) is 0 Å². The van der Waals surface area contributed by atoms with E-state index >= 15 is 0 Å². The van der Waals surface area contributed by atoms with Crippen molar-refractivity contribution >= 4 is 11.6 Å². The number of halogens is 1. The van der Waals surface area contributed by atoms with Gasteiger partial charge in [-0.3, -0.25) is 4.90 Å². The molecule has 0 aliphatic carbocycles. The molecule has 3 nitrogen and oxygen atoms in total. The topological polar surface area (TPSA) is 38.5 Å². The highest BCUT2D eigenvalue weighted by Crippen LogP contribution is 2.23. The van der Waals surface area contributed by atoms with Crippen LogP contribution in [0.3, 0.4) is 0 Å². The number of rotatable bonds is 6. The van der Waals surface area contributed by atoms with Crippen LogP contribution in [-0.2, 0) is 4.74 Å². The molecule has 0 radical (unpaired) electrons. The molecule has 1 rings (SSSR count). The molecule has 0 aliphatic rings. The second-order valence-electron chi connectivity index (χ2n) is 4.28. The van der Waals surface area contributed by atoms with Crippen molar-refractivity contribution in [1.82, 2.24) is 4.90 Å². The lowest BCUT2D eigenvalue weighted by atomic mass is 10.0. The predicted octanol–water partition coefficient (Wildman–Crippen LogP) is 2.31. The highest BCUT2D eigenvalue weighted by molar-refractivity contribution is 6.30. The first-order chi connectivity index (χ1) is 8.10. The van der Waals surface area contributed by atoms with E-state index in [0.717, 1.165) is 10.6 Å². The van der Waals surface area contributed by atoms with Crippen LogP contribution >= 0.6 is 11.6 Å². The van der Waals surface area contributed by atoms with Crippen LogP contribution in [0.25, 0.3) is 0 Å². The van der Waals surface area contributed by atoms with Crippen molar-refractivity contribution in [2.24, 2.45) is 5.73 Å². The third kappa shape index (κ3) is 3.96. The smallest absolute Gasteiger partial charge is 0.0615 e. The molecule has 2 N–H and O–H groups in total. The molecular weight excluding hydrogens is 236 g/mol. The minimum Gasteiger partial charge on any atom is -0.383 e. The molecular formula is C13H21ClN2O. The molecule has 2 atom stereocenters. The van der Waals surface area contributed by atoms with Gasteiger partial charge in [0.05, 0.1) is 6.61 Å². The molecule has 0 fully saturated rings. The van der Waals surface area contributed by atoms with Crippen LogP contribution in [0.15, 0.2) is 24.3 Å². The molecule has 0 saturated heterocycles. The van der Waals surface area contributed by atoms with E-state index in [1.807, 2.05) is 18.2 Å². The summed E-state index contributed by atoms with van der Waals surface area (Å²) in [4.78, 5) is 2.22. The Morgan fingerprint density at radius 1 is 1.47 bits per heavy atom. The van der Waals surface area contributed by atoms with Gasteiger partial charge in [0.25, 0.3) is 0 Å². The summed E-state index contributed by atoms with van der Waals surface area (Å²) in [7, 11) is 3.77. The molecule has 96 valence electrons. The number of likely N-dealkylation sites (N-methyl/N-ethyl adjacent to an activating group) is 1. The molecule has 0 bridgehead atoms. The van der Waals surface area contributed by atoms with Crippen molar-refractivity contribution in [3.8, 4) is 0 Å². The quantitative estimate of drug-likeness (QED) is 0.849. The number of ether oxygens (including phenoxy) is 1. The fourth-order valence-corrected chi connectivity index (χ4v) is 2.12. The second kappa shape index (κ2) is 6.97. The largest absolute Gasteiger partial charge is 0.383 e. The van der Waals surface area contributed by atoms with Gasteiger partial charge >= 0.3 is 0 Å². The van der Waals surface area contributed by atoms with Gasteiger partial charge in [-0.05, 0) is 31.7 Å². The summed E-state index contributed by atoms with van der Waals surface area (Å²) in [6, 6.07) is 8.33. The third-order valence-corrected chi connectivity index (χ3v) is 3.29. The van der Waals surface area contributed by atoms with E-state index in [1.165, 1.54) is 0 Å². The van der Waals surface area contributed by atoms with Crippen LogP contribution in [0.2, 0.25) is 5.02 Å². The van der Waals surface area contributed by atoms with Crippen molar-refractivity contribution in [1.29, 1.82) is 0 Å². The highest BCUT2D eigenvalue weighted by Gasteiger charge is 2.20. The molecule has 2 unspecified atom stereocenters. The lowest BCUT2D eigenvalue weighted by Gasteiger charge is -2.32. The molecule has 0 aromatic heterocycles. The Bertz CT molecular complexity index is 346. The Hall–Kier alpha value is -0.610. The molecule has 1 aromatic rings. The zero-order valence-corrected chi connectivity index (χ0v) is 11.4. The zero-order valence-electron chi connectivity index (χ0n) is 10.7. The Morgan fingerprint density at radius 2 is 2.18 bits per heavy atom. The van der Waals surface area contributed by atoms with Crippen molar-refractivity contribution in [3.05, 3.63) is 34.9 Å². The number of nitrogens with two attached hydrogens (primary N) is 1. The van der Waals surface area contributed by atoms with Gasteiger partial charge in [-0.25, -0.2) is 0 Å². The summed E-state index contributed by atoms with van der Waals surface area (Å²) in [5.74, 6) is 0. The number of hydrogen-bond donors (Lipinski definition) is 1. The maximum absolute atomic E-state index is 6.01. The van der Waals surface area contributed by atoms with Crippen molar-refractivity contribution in [3.63, 3.8) is 0 Å². The van der Waals surface area contributed by atoms with Crippen LogP contribution in [0.4, 0.5) is 0 Å². The van der Waals surface area contributed by atoms with E-state index in [9.17, 15) is 0 Å². The second-order valence-corrected chi connectivity index (χ2v) is 4.71. The maximum atomic E-state index is 6.01. The Morgan fingerprint density at radius 3 is 2.71 bits per heavy atom. The van der Waals surface area contributed by atoms with E-state index in [0.29, 0.717) is 19.2 Å². The van der Waals surface area contributed by atoms with E-state index in [1.54, 1.807) is 7.11 Å². The lowest BCUT2D eigenvalue weighted by Crippen LogP contribution is -2.39. The lowest BCUT2D eigenvalue weighted by molar-refractivity contribution is 0.0910. The van der Waals surface area contributed by atoms with Crippen molar-refractivity contribution < 1.29 is 4.74 Å². The van der Waals surface area contributed by atoms with E-state index in [4.69, 9.17) is 22.1 Å². The first-order valence-corrected chi connectivity index (χ1v) is 6.14. The van der Waals surface area contributed by atoms with Gasteiger partial charge in [0.15, 0.2) is 0 Å². The molecule has 0 saturated carbocycles. The molecule has 0 aliphatic heterocycles. The van der Waals surface area contributed by atoms with Crippen LogP contribution in [0.5, 0.6) is 0 Å². The zero-order chi connectivity index (χ0) is 12.8. The summed E-state index contributed by atoms with van der Waals surface area (Å²) >= 11 is 6.01. The standard InChI is InChI=1S/C13H21ClN2O/c1-10(9-17-3)16(2)13(8-15)11-5-4-6-12(14)7-11/h4-7,10,13H,8-9,15H2,1-3H3.